The first-order valence-corrected chi connectivity index (χ1v) is 7.03. The van der Waals surface area contributed by atoms with Crippen LogP contribution in [0.4, 0.5) is 5.69 Å². The summed E-state index contributed by atoms with van der Waals surface area (Å²) >= 11 is 2.26. The van der Waals surface area contributed by atoms with Crippen LogP contribution in [0.5, 0.6) is 0 Å². The van der Waals surface area contributed by atoms with E-state index >= 15 is 0 Å². The van der Waals surface area contributed by atoms with Crippen LogP contribution in [0, 0.1) is 20.6 Å². The fourth-order valence-corrected chi connectivity index (χ4v) is 2.61. The summed E-state index contributed by atoms with van der Waals surface area (Å²) < 4.78 is 3.16. The molecule has 0 spiro atoms. The van der Waals surface area contributed by atoms with Gasteiger partial charge >= 0.3 is 0 Å². The van der Waals surface area contributed by atoms with Crippen molar-refractivity contribution < 1.29 is 4.92 Å². The summed E-state index contributed by atoms with van der Waals surface area (Å²) in [6.07, 6.45) is 2.02. The monoisotopic (exact) mass is 379 g/mol. The first-order valence-electron chi connectivity index (χ1n) is 5.95. The van der Waals surface area contributed by atoms with Gasteiger partial charge in [-0.1, -0.05) is 0 Å². The maximum Gasteiger partial charge on any atom is 0.269 e. The third-order valence-electron chi connectivity index (χ3n) is 3.17. The first-order chi connectivity index (χ1) is 9.56. The van der Waals surface area contributed by atoms with E-state index < -0.39 is 4.92 Å². The van der Waals surface area contributed by atoms with Gasteiger partial charge in [0.15, 0.2) is 0 Å². The zero-order valence-corrected chi connectivity index (χ0v) is 12.7. The maximum absolute atomic E-state index is 10.7. The van der Waals surface area contributed by atoms with Crippen molar-refractivity contribution in [2.24, 2.45) is 0 Å². The van der Waals surface area contributed by atoms with Gasteiger partial charge < -0.3 is 4.40 Å². The molecule has 20 heavy (non-hydrogen) atoms. The molecule has 100 valence electrons. The molecular formula is C14H10IN3O2. The summed E-state index contributed by atoms with van der Waals surface area (Å²) in [4.78, 5) is 14.9. The van der Waals surface area contributed by atoms with Crippen LogP contribution in [0.15, 0.2) is 42.6 Å². The Labute approximate surface area is 128 Å². The van der Waals surface area contributed by atoms with E-state index in [2.05, 4.69) is 27.6 Å². The number of aromatic nitrogens is 2. The summed E-state index contributed by atoms with van der Waals surface area (Å²) in [5, 5.41) is 10.7. The van der Waals surface area contributed by atoms with Crippen LogP contribution in [0.2, 0.25) is 0 Å². The van der Waals surface area contributed by atoms with Gasteiger partial charge in [-0.15, -0.1) is 0 Å². The Morgan fingerprint density at radius 1 is 1.20 bits per heavy atom. The van der Waals surface area contributed by atoms with Crippen molar-refractivity contribution in [1.29, 1.82) is 0 Å². The predicted molar refractivity (Wildman–Crippen MR) is 84.7 cm³/mol. The van der Waals surface area contributed by atoms with Crippen molar-refractivity contribution in [1.82, 2.24) is 9.38 Å². The lowest BCUT2D eigenvalue weighted by molar-refractivity contribution is -0.384. The van der Waals surface area contributed by atoms with E-state index in [1.54, 1.807) is 12.1 Å². The zero-order valence-electron chi connectivity index (χ0n) is 10.6. The van der Waals surface area contributed by atoms with Crippen LogP contribution < -0.4 is 0 Å². The molecule has 2 heterocycles. The molecule has 0 amide bonds. The van der Waals surface area contributed by atoms with Gasteiger partial charge in [0, 0.05) is 33.2 Å². The number of pyridine rings is 1. The molecule has 0 fully saturated rings. The standard InChI is InChI=1S/C14H10IN3O2/c1-9-14(10-2-5-12(6-3-10)18(19)20)16-13-7-4-11(15)8-17(9)13/h2-8H,1H3. The van der Waals surface area contributed by atoms with Crippen molar-refractivity contribution in [2.45, 2.75) is 6.92 Å². The Kier molecular flexibility index (Phi) is 3.17. The minimum absolute atomic E-state index is 0.0877. The second-order valence-corrected chi connectivity index (χ2v) is 5.67. The van der Waals surface area contributed by atoms with E-state index in [0.29, 0.717) is 0 Å². The second kappa shape index (κ2) is 4.86. The Balaban J connectivity index is 2.14. The summed E-state index contributed by atoms with van der Waals surface area (Å²) in [6, 6.07) is 10.4. The quantitative estimate of drug-likeness (QED) is 0.386. The number of imidazole rings is 1. The van der Waals surface area contributed by atoms with Gasteiger partial charge in [0.25, 0.3) is 5.69 Å². The van der Waals surface area contributed by atoms with Crippen LogP contribution in [-0.4, -0.2) is 14.3 Å². The molecule has 0 saturated heterocycles. The van der Waals surface area contributed by atoms with E-state index in [1.807, 2.05) is 29.7 Å². The second-order valence-electron chi connectivity index (χ2n) is 4.43. The highest BCUT2D eigenvalue weighted by Gasteiger charge is 2.12. The number of fused-ring (bicyclic) bond motifs is 1. The van der Waals surface area contributed by atoms with Gasteiger partial charge in [-0.3, -0.25) is 10.1 Å². The number of nitrogens with zero attached hydrogens (tertiary/aromatic N) is 3. The SMILES string of the molecule is Cc1c(-c2ccc([N+](=O)[O-])cc2)nc2ccc(I)cn12. The van der Waals surface area contributed by atoms with Gasteiger partial charge in [0.1, 0.15) is 5.65 Å². The molecule has 6 heteroatoms. The highest BCUT2D eigenvalue weighted by molar-refractivity contribution is 14.1. The van der Waals surface area contributed by atoms with Gasteiger partial charge in [-0.2, -0.15) is 0 Å². The predicted octanol–water partition coefficient (Wildman–Crippen LogP) is 3.82. The number of hydrogen-bond acceptors (Lipinski definition) is 3. The molecule has 0 atom stereocenters. The van der Waals surface area contributed by atoms with E-state index in [4.69, 9.17) is 0 Å². The van der Waals surface area contributed by atoms with Gasteiger partial charge in [-0.25, -0.2) is 4.98 Å². The Morgan fingerprint density at radius 3 is 2.55 bits per heavy atom. The first kappa shape index (κ1) is 13.0. The Bertz CT molecular complexity index is 809. The van der Waals surface area contributed by atoms with Gasteiger partial charge in [0.05, 0.1) is 10.6 Å². The smallest absolute Gasteiger partial charge is 0.269 e. The van der Waals surface area contributed by atoms with E-state index in [9.17, 15) is 10.1 Å². The number of halogens is 1. The molecule has 2 aromatic heterocycles. The lowest BCUT2D eigenvalue weighted by atomic mass is 10.1. The summed E-state index contributed by atoms with van der Waals surface area (Å²) in [7, 11) is 0. The van der Waals surface area contributed by atoms with Gasteiger partial charge in [-0.05, 0) is 53.8 Å². The summed E-state index contributed by atoms with van der Waals surface area (Å²) in [6.45, 7) is 1.99. The highest BCUT2D eigenvalue weighted by atomic mass is 127. The minimum Gasteiger partial charge on any atom is -0.303 e. The average Bonchev–Trinajstić information content (AvgIpc) is 2.76. The fraction of sp³-hybridized carbons (Fsp3) is 0.0714. The number of aryl methyl sites for hydroxylation is 1. The van der Waals surface area contributed by atoms with Crippen molar-refractivity contribution in [3.8, 4) is 11.3 Å². The third-order valence-corrected chi connectivity index (χ3v) is 3.81. The average molecular weight is 379 g/mol. The molecule has 0 aliphatic rings. The fourth-order valence-electron chi connectivity index (χ4n) is 2.15. The maximum atomic E-state index is 10.7. The molecular weight excluding hydrogens is 369 g/mol. The molecule has 0 bridgehead atoms. The number of rotatable bonds is 2. The van der Waals surface area contributed by atoms with E-state index in [1.165, 1.54) is 12.1 Å². The molecule has 0 N–H and O–H groups in total. The lowest BCUT2D eigenvalue weighted by Gasteiger charge is -2.00. The molecule has 3 aromatic rings. The van der Waals surface area contributed by atoms with Crippen LogP contribution in [-0.2, 0) is 0 Å². The number of benzene rings is 1. The molecule has 0 unspecified atom stereocenters. The normalized spacial score (nSPS) is 10.9. The molecule has 3 rings (SSSR count). The number of nitro groups is 1. The van der Waals surface area contributed by atoms with Crippen LogP contribution in [0.3, 0.4) is 0 Å². The molecule has 5 nitrogen and oxygen atoms in total. The van der Waals surface area contributed by atoms with Crippen LogP contribution in [0.25, 0.3) is 16.9 Å². The van der Waals surface area contributed by atoms with E-state index in [0.717, 1.165) is 26.2 Å². The van der Waals surface area contributed by atoms with Crippen LogP contribution in [0.1, 0.15) is 5.69 Å². The third kappa shape index (κ3) is 2.15. The summed E-state index contributed by atoms with van der Waals surface area (Å²) in [5.41, 5.74) is 3.71. The molecule has 0 saturated carbocycles. The van der Waals surface area contributed by atoms with Crippen LogP contribution >= 0.6 is 22.6 Å². The highest BCUT2D eigenvalue weighted by Crippen LogP contribution is 2.26. The minimum atomic E-state index is -0.400. The molecule has 0 aliphatic heterocycles. The van der Waals surface area contributed by atoms with Crippen molar-refractivity contribution >= 4 is 33.9 Å². The largest absolute Gasteiger partial charge is 0.303 e. The molecule has 0 radical (unpaired) electrons. The zero-order chi connectivity index (χ0) is 14.3. The van der Waals surface area contributed by atoms with Gasteiger partial charge in [0.2, 0.25) is 0 Å². The summed E-state index contributed by atoms with van der Waals surface area (Å²) in [5.74, 6) is 0. The van der Waals surface area contributed by atoms with Crippen molar-refractivity contribution in [3.63, 3.8) is 0 Å². The van der Waals surface area contributed by atoms with Crippen molar-refractivity contribution in [2.75, 3.05) is 0 Å². The Morgan fingerprint density at radius 2 is 1.90 bits per heavy atom. The Hall–Kier alpha value is -1.96. The number of non-ortho nitro benzene ring substituents is 1. The number of hydrogen-bond donors (Lipinski definition) is 0. The van der Waals surface area contributed by atoms with E-state index in [-0.39, 0.29) is 5.69 Å². The topological polar surface area (TPSA) is 60.4 Å². The van der Waals surface area contributed by atoms with Crippen molar-refractivity contribution in [3.05, 3.63) is 62.0 Å². The molecule has 1 aromatic carbocycles. The number of nitro benzene ring substituents is 1. The lowest BCUT2D eigenvalue weighted by Crippen LogP contribution is -1.89. The molecule has 0 aliphatic carbocycles.